The van der Waals surface area contributed by atoms with E-state index in [1.807, 2.05) is 11.0 Å². The number of nitrogens with one attached hydrogen (secondary N) is 3. The fourth-order valence-corrected chi connectivity index (χ4v) is 3.85. The van der Waals surface area contributed by atoms with Gasteiger partial charge in [-0.1, -0.05) is 12.1 Å². The van der Waals surface area contributed by atoms with Crippen LogP contribution in [0.15, 0.2) is 51.9 Å². The molecule has 0 radical (unpaired) electrons. The van der Waals surface area contributed by atoms with Crippen molar-refractivity contribution in [3.05, 3.63) is 81.2 Å². The molecule has 1 aliphatic rings. The average Bonchev–Trinajstić information content (AvgIpc) is 3.40. The predicted molar refractivity (Wildman–Crippen MR) is 129 cm³/mol. The molecule has 2 amide bonds. The van der Waals surface area contributed by atoms with E-state index < -0.39 is 0 Å². The average molecular weight is 480 g/mol. The van der Waals surface area contributed by atoms with Gasteiger partial charge in [0.2, 0.25) is 11.9 Å². The topological polar surface area (TPSA) is 130 Å². The molecule has 10 nitrogen and oxygen atoms in total. The highest BCUT2D eigenvalue weighted by atomic mass is 16.5. The summed E-state index contributed by atoms with van der Waals surface area (Å²) >= 11 is 0. The molecule has 3 N–H and O–H groups in total. The summed E-state index contributed by atoms with van der Waals surface area (Å²) in [5, 5.41) is 5.65. The highest BCUT2D eigenvalue weighted by Crippen LogP contribution is 2.12. The number of ether oxygens (including phenoxy) is 1. The number of aromatic amines is 1. The number of furan rings is 1. The van der Waals surface area contributed by atoms with E-state index in [0.717, 1.165) is 5.56 Å². The van der Waals surface area contributed by atoms with Gasteiger partial charge in [0.05, 0.1) is 26.0 Å². The monoisotopic (exact) mass is 479 g/mol. The zero-order valence-electron chi connectivity index (χ0n) is 19.6. The van der Waals surface area contributed by atoms with Crippen molar-refractivity contribution >= 4 is 17.8 Å². The molecule has 0 spiro atoms. The summed E-state index contributed by atoms with van der Waals surface area (Å²) < 4.78 is 10.6. The summed E-state index contributed by atoms with van der Waals surface area (Å²) in [6, 6.07) is 10.6. The third-order valence-electron chi connectivity index (χ3n) is 5.80. The molecule has 0 atom stereocenters. The Morgan fingerprint density at radius 1 is 1.11 bits per heavy atom. The van der Waals surface area contributed by atoms with E-state index in [2.05, 4.69) is 20.6 Å². The lowest BCUT2D eigenvalue weighted by atomic mass is 10.1. The lowest BCUT2D eigenvalue weighted by Gasteiger charge is -2.27. The Balaban J connectivity index is 1.27. The minimum atomic E-state index is -0.225. The Morgan fingerprint density at radius 3 is 2.69 bits per heavy atom. The van der Waals surface area contributed by atoms with Crippen LogP contribution in [0.4, 0.5) is 5.95 Å². The first-order valence-corrected chi connectivity index (χ1v) is 11.6. The maximum Gasteiger partial charge on any atom is 0.255 e. The lowest BCUT2D eigenvalue weighted by Crippen LogP contribution is -2.38. The number of carbonyl (C=O) groups is 2. The lowest BCUT2D eigenvalue weighted by molar-refractivity contribution is -0.121. The molecule has 184 valence electrons. The van der Waals surface area contributed by atoms with Crippen molar-refractivity contribution < 1.29 is 18.7 Å². The maximum atomic E-state index is 12.6. The number of morpholine rings is 1. The summed E-state index contributed by atoms with van der Waals surface area (Å²) in [5.41, 5.74) is 2.20. The zero-order chi connectivity index (χ0) is 24.6. The van der Waals surface area contributed by atoms with Crippen LogP contribution in [0.1, 0.15) is 39.4 Å². The molecule has 10 heteroatoms. The molecule has 35 heavy (non-hydrogen) atoms. The van der Waals surface area contributed by atoms with Crippen molar-refractivity contribution in [2.24, 2.45) is 0 Å². The first-order valence-electron chi connectivity index (χ1n) is 11.6. The smallest absolute Gasteiger partial charge is 0.255 e. The van der Waals surface area contributed by atoms with Crippen molar-refractivity contribution in [1.82, 2.24) is 20.6 Å². The molecule has 1 aromatic carbocycles. The van der Waals surface area contributed by atoms with Crippen LogP contribution in [0.25, 0.3) is 0 Å². The largest absolute Gasteiger partial charge is 0.467 e. The van der Waals surface area contributed by atoms with Crippen molar-refractivity contribution in [3.63, 3.8) is 0 Å². The van der Waals surface area contributed by atoms with E-state index in [0.29, 0.717) is 67.8 Å². The third-order valence-corrected chi connectivity index (χ3v) is 5.80. The van der Waals surface area contributed by atoms with Gasteiger partial charge in [0.15, 0.2) is 0 Å². The fourth-order valence-electron chi connectivity index (χ4n) is 3.85. The predicted octanol–water partition coefficient (Wildman–Crippen LogP) is 1.69. The van der Waals surface area contributed by atoms with E-state index in [-0.39, 0.29) is 30.3 Å². The van der Waals surface area contributed by atoms with E-state index in [1.54, 1.807) is 43.5 Å². The normalized spacial score (nSPS) is 13.5. The zero-order valence-corrected chi connectivity index (χ0v) is 19.6. The van der Waals surface area contributed by atoms with E-state index in [1.165, 1.54) is 0 Å². The minimum Gasteiger partial charge on any atom is -0.467 e. The molecule has 1 aliphatic heterocycles. The number of aryl methyl sites for hydroxylation is 1. The first-order chi connectivity index (χ1) is 17.0. The molecule has 1 saturated heterocycles. The van der Waals surface area contributed by atoms with Crippen LogP contribution in [0.5, 0.6) is 0 Å². The van der Waals surface area contributed by atoms with Gasteiger partial charge in [0, 0.05) is 42.9 Å². The first kappa shape index (κ1) is 24.2. The van der Waals surface area contributed by atoms with Crippen LogP contribution in [-0.2, 0) is 29.0 Å². The number of carbonyl (C=O) groups excluding carboxylic acids is 2. The molecule has 0 saturated carbocycles. The van der Waals surface area contributed by atoms with Crippen molar-refractivity contribution in [2.45, 2.75) is 32.9 Å². The number of hydrogen-bond acceptors (Lipinski definition) is 7. The van der Waals surface area contributed by atoms with Crippen LogP contribution in [0.3, 0.4) is 0 Å². The SMILES string of the molecule is Cc1nc(N2CCOCC2)[nH]c(=O)c1CCC(=O)NCc1cccc(C(=O)NCc2ccco2)c1. The maximum absolute atomic E-state index is 12.6. The molecule has 0 bridgehead atoms. The number of H-pyrrole nitrogens is 1. The summed E-state index contributed by atoms with van der Waals surface area (Å²) in [7, 11) is 0. The van der Waals surface area contributed by atoms with Gasteiger partial charge >= 0.3 is 0 Å². The van der Waals surface area contributed by atoms with Crippen LogP contribution in [0, 0.1) is 6.92 Å². The fraction of sp³-hybridized carbons (Fsp3) is 0.360. The van der Waals surface area contributed by atoms with E-state index in [4.69, 9.17) is 9.15 Å². The highest BCUT2D eigenvalue weighted by Gasteiger charge is 2.17. The van der Waals surface area contributed by atoms with Gasteiger partial charge < -0.3 is 24.7 Å². The van der Waals surface area contributed by atoms with Crippen LogP contribution in [0.2, 0.25) is 0 Å². The van der Waals surface area contributed by atoms with Crippen molar-refractivity contribution in [2.75, 3.05) is 31.2 Å². The molecule has 2 aromatic heterocycles. The summed E-state index contributed by atoms with van der Waals surface area (Å²) in [5.74, 6) is 0.796. The Hall–Kier alpha value is -3.92. The van der Waals surface area contributed by atoms with Crippen LogP contribution >= 0.6 is 0 Å². The van der Waals surface area contributed by atoms with E-state index in [9.17, 15) is 14.4 Å². The van der Waals surface area contributed by atoms with Gasteiger partial charge in [0.1, 0.15) is 5.76 Å². The molecular weight excluding hydrogens is 450 g/mol. The molecule has 4 rings (SSSR count). The third kappa shape index (κ3) is 6.57. The molecular formula is C25H29N5O5. The number of anilines is 1. The van der Waals surface area contributed by atoms with E-state index >= 15 is 0 Å². The summed E-state index contributed by atoms with van der Waals surface area (Å²) in [6.45, 7) is 4.92. The van der Waals surface area contributed by atoms with Gasteiger partial charge in [-0.15, -0.1) is 0 Å². The van der Waals surface area contributed by atoms with Crippen LogP contribution in [-0.4, -0.2) is 48.1 Å². The quantitative estimate of drug-likeness (QED) is 0.426. The molecule has 3 aromatic rings. The number of aromatic nitrogens is 2. The van der Waals surface area contributed by atoms with Gasteiger partial charge in [-0.2, -0.15) is 0 Å². The Bertz CT molecular complexity index is 1220. The number of amides is 2. The Labute approximate surface area is 202 Å². The molecule has 0 aliphatic carbocycles. The summed E-state index contributed by atoms with van der Waals surface area (Å²) in [4.78, 5) is 46.8. The second-order valence-electron chi connectivity index (χ2n) is 8.29. The van der Waals surface area contributed by atoms with Gasteiger partial charge in [-0.05, 0) is 43.2 Å². The molecule has 0 unspecified atom stereocenters. The molecule has 1 fully saturated rings. The second kappa shape index (κ2) is 11.5. The Morgan fingerprint density at radius 2 is 1.94 bits per heavy atom. The van der Waals surface area contributed by atoms with Gasteiger partial charge in [0.25, 0.3) is 11.5 Å². The minimum absolute atomic E-state index is 0.159. The number of nitrogens with zero attached hydrogens (tertiary/aromatic N) is 2. The standard InChI is InChI=1S/C25H29N5O5/c1-17-21(24(33)29-25(28-17)30-9-12-34-13-10-30)7-8-22(31)26-15-18-4-2-5-19(14-18)23(32)27-16-20-6-3-11-35-20/h2-6,11,14H,7-10,12-13,15-16H2,1H3,(H,26,31)(H,27,32)(H,28,29,33). The van der Waals surface area contributed by atoms with Crippen molar-refractivity contribution in [1.29, 1.82) is 0 Å². The highest BCUT2D eigenvalue weighted by molar-refractivity contribution is 5.94. The Kier molecular flexibility index (Phi) is 7.94. The van der Waals surface area contributed by atoms with Gasteiger partial charge in [-0.25, -0.2) is 4.98 Å². The number of hydrogen-bond donors (Lipinski definition) is 3. The van der Waals surface area contributed by atoms with Crippen LogP contribution < -0.4 is 21.1 Å². The number of rotatable bonds is 9. The number of benzene rings is 1. The van der Waals surface area contributed by atoms with Gasteiger partial charge in [-0.3, -0.25) is 19.4 Å². The second-order valence-corrected chi connectivity index (χ2v) is 8.29. The molecule has 3 heterocycles. The summed E-state index contributed by atoms with van der Waals surface area (Å²) in [6.07, 6.45) is 2.00. The van der Waals surface area contributed by atoms with Crippen molar-refractivity contribution in [3.8, 4) is 0 Å².